The average Bonchev–Trinajstić information content (AvgIpc) is 2.65. The lowest BCUT2D eigenvalue weighted by Gasteiger charge is -2.16. The summed E-state index contributed by atoms with van der Waals surface area (Å²) in [7, 11) is 0. The van der Waals surface area contributed by atoms with Crippen molar-refractivity contribution in [2.24, 2.45) is 5.84 Å². The lowest BCUT2D eigenvalue weighted by molar-refractivity contribution is 0.644. The van der Waals surface area contributed by atoms with Gasteiger partial charge in [-0.25, -0.2) is 5.43 Å². The highest BCUT2D eigenvalue weighted by Gasteiger charge is 2.17. The first-order valence-corrected chi connectivity index (χ1v) is 7.54. The molecular formula is C12H12Br2N2S. The number of nitrogens with one attached hydrogen (secondary N) is 1. The molecule has 0 aliphatic carbocycles. The van der Waals surface area contributed by atoms with Crippen molar-refractivity contribution in [3.63, 3.8) is 0 Å². The van der Waals surface area contributed by atoms with Crippen LogP contribution in [0.1, 0.15) is 22.0 Å². The van der Waals surface area contributed by atoms with E-state index >= 15 is 0 Å². The van der Waals surface area contributed by atoms with Crippen molar-refractivity contribution in [3.8, 4) is 0 Å². The number of rotatable bonds is 3. The highest BCUT2D eigenvalue weighted by Crippen LogP contribution is 2.33. The van der Waals surface area contributed by atoms with Gasteiger partial charge in [-0.15, -0.1) is 11.3 Å². The number of hydrogen-bond acceptors (Lipinski definition) is 3. The first kappa shape index (κ1) is 13.2. The van der Waals surface area contributed by atoms with Crippen LogP contribution in [-0.4, -0.2) is 0 Å². The zero-order valence-electron chi connectivity index (χ0n) is 9.21. The Bertz CT molecular complexity index is 505. The summed E-state index contributed by atoms with van der Waals surface area (Å²) in [5.74, 6) is 5.69. The second-order valence-corrected chi connectivity index (χ2v) is 6.51. The minimum atomic E-state index is 0.0144. The third-order valence-electron chi connectivity index (χ3n) is 2.47. The Morgan fingerprint density at radius 3 is 2.59 bits per heavy atom. The summed E-state index contributed by atoms with van der Waals surface area (Å²) in [5, 5.41) is 2.05. The molecule has 0 spiro atoms. The van der Waals surface area contributed by atoms with Crippen molar-refractivity contribution in [1.29, 1.82) is 0 Å². The largest absolute Gasteiger partial charge is 0.271 e. The topological polar surface area (TPSA) is 38.0 Å². The number of hydrogen-bond donors (Lipinski definition) is 2. The number of aryl methyl sites for hydroxylation is 1. The van der Waals surface area contributed by atoms with Gasteiger partial charge in [-0.05, 0) is 57.6 Å². The first-order valence-electron chi connectivity index (χ1n) is 5.08. The molecule has 2 rings (SSSR count). The molecule has 90 valence electrons. The van der Waals surface area contributed by atoms with Gasteiger partial charge in [0.05, 0.1) is 6.04 Å². The fourth-order valence-corrected chi connectivity index (χ4v) is 4.08. The minimum Gasteiger partial charge on any atom is -0.271 e. The fourth-order valence-electron chi connectivity index (χ4n) is 1.77. The van der Waals surface area contributed by atoms with Crippen LogP contribution in [0.15, 0.2) is 38.6 Å². The molecule has 0 saturated carbocycles. The van der Waals surface area contributed by atoms with Crippen LogP contribution in [0.25, 0.3) is 0 Å². The van der Waals surface area contributed by atoms with Crippen molar-refractivity contribution in [3.05, 3.63) is 54.6 Å². The second-order valence-electron chi connectivity index (χ2n) is 3.79. The lowest BCUT2D eigenvalue weighted by atomic mass is 10.0. The Balaban J connectivity index is 2.45. The first-order chi connectivity index (χ1) is 8.11. The standard InChI is InChI=1S/C12H12Br2N2S/c1-7-4-8(6-9(13)5-7)11(16-15)12-10(14)2-3-17-12/h2-6,11,16H,15H2,1H3. The molecule has 1 unspecified atom stereocenters. The molecule has 17 heavy (non-hydrogen) atoms. The van der Waals surface area contributed by atoms with Crippen LogP contribution < -0.4 is 11.3 Å². The molecule has 0 aliphatic rings. The van der Waals surface area contributed by atoms with E-state index in [1.807, 2.05) is 6.07 Å². The van der Waals surface area contributed by atoms with Gasteiger partial charge >= 0.3 is 0 Å². The van der Waals surface area contributed by atoms with E-state index in [0.717, 1.165) is 14.5 Å². The van der Waals surface area contributed by atoms with Gasteiger partial charge in [0.2, 0.25) is 0 Å². The van der Waals surface area contributed by atoms with Crippen molar-refractivity contribution >= 4 is 43.2 Å². The molecule has 0 amide bonds. The molecule has 1 aromatic heterocycles. The Kier molecular flexibility index (Phi) is 4.38. The molecule has 5 heteroatoms. The zero-order valence-corrected chi connectivity index (χ0v) is 13.2. The van der Waals surface area contributed by atoms with Gasteiger partial charge < -0.3 is 0 Å². The highest BCUT2D eigenvalue weighted by molar-refractivity contribution is 9.10. The molecule has 0 saturated heterocycles. The van der Waals surface area contributed by atoms with Crippen LogP contribution >= 0.6 is 43.2 Å². The molecule has 0 bridgehead atoms. The smallest absolute Gasteiger partial charge is 0.0814 e. The maximum Gasteiger partial charge on any atom is 0.0814 e. The van der Waals surface area contributed by atoms with Gasteiger partial charge in [0.25, 0.3) is 0 Å². The molecule has 1 atom stereocenters. The van der Waals surface area contributed by atoms with E-state index in [9.17, 15) is 0 Å². The van der Waals surface area contributed by atoms with E-state index in [4.69, 9.17) is 5.84 Å². The highest BCUT2D eigenvalue weighted by atomic mass is 79.9. The number of nitrogens with two attached hydrogens (primary N) is 1. The zero-order chi connectivity index (χ0) is 12.4. The summed E-state index contributed by atoms with van der Waals surface area (Å²) < 4.78 is 2.16. The Hall–Kier alpha value is -0.200. The Labute approximate surface area is 121 Å². The van der Waals surface area contributed by atoms with Gasteiger partial charge in [-0.1, -0.05) is 22.0 Å². The molecular weight excluding hydrogens is 364 g/mol. The van der Waals surface area contributed by atoms with Crippen molar-refractivity contribution in [2.45, 2.75) is 13.0 Å². The summed E-state index contributed by atoms with van der Waals surface area (Å²) in [6.07, 6.45) is 0. The van der Waals surface area contributed by atoms with Gasteiger partial charge in [0, 0.05) is 13.8 Å². The molecule has 1 aromatic carbocycles. The van der Waals surface area contributed by atoms with Crippen LogP contribution in [0, 0.1) is 6.92 Å². The lowest BCUT2D eigenvalue weighted by Crippen LogP contribution is -2.28. The Morgan fingerprint density at radius 2 is 2.06 bits per heavy atom. The van der Waals surface area contributed by atoms with Crippen LogP contribution in [0.4, 0.5) is 0 Å². The normalized spacial score (nSPS) is 12.7. The monoisotopic (exact) mass is 374 g/mol. The molecule has 0 fully saturated rings. The van der Waals surface area contributed by atoms with Crippen LogP contribution in [0.2, 0.25) is 0 Å². The van der Waals surface area contributed by atoms with Gasteiger partial charge in [0.15, 0.2) is 0 Å². The van der Waals surface area contributed by atoms with Crippen molar-refractivity contribution < 1.29 is 0 Å². The van der Waals surface area contributed by atoms with Crippen LogP contribution in [-0.2, 0) is 0 Å². The van der Waals surface area contributed by atoms with Gasteiger partial charge in [-0.2, -0.15) is 0 Å². The number of hydrazine groups is 1. The van der Waals surface area contributed by atoms with E-state index in [-0.39, 0.29) is 6.04 Å². The minimum absolute atomic E-state index is 0.0144. The molecule has 2 aromatic rings. The predicted octanol–water partition coefficient (Wildman–Crippen LogP) is 4.13. The fraction of sp³-hybridized carbons (Fsp3) is 0.167. The van der Waals surface area contributed by atoms with E-state index in [0.29, 0.717) is 0 Å². The van der Waals surface area contributed by atoms with Crippen LogP contribution in [0.5, 0.6) is 0 Å². The summed E-state index contributed by atoms with van der Waals surface area (Å²) in [6, 6.07) is 8.36. The summed E-state index contributed by atoms with van der Waals surface area (Å²) in [6.45, 7) is 2.07. The molecule has 3 N–H and O–H groups in total. The van der Waals surface area contributed by atoms with Crippen molar-refractivity contribution in [2.75, 3.05) is 0 Å². The summed E-state index contributed by atoms with van der Waals surface area (Å²) >= 11 is 8.74. The average molecular weight is 376 g/mol. The SMILES string of the molecule is Cc1cc(Br)cc(C(NN)c2sccc2Br)c1. The third-order valence-corrected chi connectivity index (χ3v) is 4.86. The van der Waals surface area contributed by atoms with E-state index < -0.39 is 0 Å². The van der Waals surface area contributed by atoms with E-state index in [2.05, 4.69) is 67.8 Å². The maximum absolute atomic E-state index is 5.69. The number of benzene rings is 1. The van der Waals surface area contributed by atoms with E-state index in [1.54, 1.807) is 11.3 Å². The molecule has 0 radical (unpaired) electrons. The van der Waals surface area contributed by atoms with Crippen LogP contribution in [0.3, 0.4) is 0 Å². The molecule has 2 nitrogen and oxygen atoms in total. The maximum atomic E-state index is 5.69. The van der Waals surface area contributed by atoms with Gasteiger partial charge in [-0.3, -0.25) is 5.84 Å². The predicted molar refractivity (Wildman–Crippen MR) is 80.1 cm³/mol. The second kappa shape index (κ2) is 5.63. The quantitative estimate of drug-likeness (QED) is 0.625. The molecule has 1 heterocycles. The number of thiophene rings is 1. The summed E-state index contributed by atoms with van der Waals surface area (Å²) in [4.78, 5) is 1.19. The Morgan fingerprint density at radius 1 is 1.29 bits per heavy atom. The van der Waals surface area contributed by atoms with Crippen molar-refractivity contribution in [1.82, 2.24) is 5.43 Å². The number of halogens is 2. The third kappa shape index (κ3) is 2.98. The van der Waals surface area contributed by atoms with E-state index in [1.165, 1.54) is 10.4 Å². The summed E-state index contributed by atoms with van der Waals surface area (Å²) in [5.41, 5.74) is 5.24. The van der Waals surface area contributed by atoms with Gasteiger partial charge in [0.1, 0.15) is 0 Å². The molecule has 0 aliphatic heterocycles.